The van der Waals surface area contributed by atoms with Gasteiger partial charge in [0.05, 0.1) is 5.56 Å². The Kier molecular flexibility index (Phi) is 4.16. The van der Waals surface area contributed by atoms with Crippen LogP contribution in [0.2, 0.25) is 5.02 Å². The van der Waals surface area contributed by atoms with E-state index in [4.69, 9.17) is 11.6 Å². The third-order valence-corrected chi connectivity index (χ3v) is 2.62. The Bertz CT molecular complexity index is 473. The van der Waals surface area contributed by atoms with E-state index in [1.54, 1.807) is 0 Å². The number of hydrogen-bond acceptors (Lipinski definition) is 3. The first kappa shape index (κ1) is 14.0. The van der Waals surface area contributed by atoms with Gasteiger partial charge in [-0.1, -0.05) is 11.6 Å². The van der Waals surface area contributed by atoms with Gasteiger partial charge in [0.15, 0.2) is 11.5 Å². The minimum Gasteiger partial charge on any atom is -0.393 e. The Hall–Kier alpha value is -1.08. The molecule has 0 saturated heterocycles. The normalized spacial score (nSPS) is 13.2. The smallest absolute Gasteiger partial charge is 0.393 e. The molecule has 3 nitrogen and oxygen atoms in total. The lowest BCUT2D eigenvalue weighted by Gasteiger charge is -2.10. The summed E-state index contributed by atoms with van der Waals surface area (Å²) in [7, 11) is 0. The van der Waals surface area contributed by atoms with Gasteiger partial charge in [-0.05, 0) is 19.1 Å². The summed E-state index contributed by atoms with van der Waals surface area (Å²) < 4.78 is 51.0. The maximum Gasteiger partial charge on any atom is 0.508 e. The second kappa shape index (κ2) is 5.05. The quantitative estimate of drug-likeness (QED) is 0.802. The van der Waals surface area contributed by atoms with Gasteiger partial charge in [-0.15, -0.1) is 0 Å². The molecule has 0 heterocycles. The zero-order valence-corrected chi connectivity index (χ0v) is 9.95. The number of hydrogen-bond donors (Lipinski definition) is 0. The minimum absolute atomic E-state index is 0.0733. The molecule has 1 aromatic rings. The molecule has 8 heteroatoms. The van der Waals surface area contributed by atoms with Gasteiger partial charge in [0.1, 0.15) is 0 Å². The van der Waals surface area contributed by atoms with E-state index in [9.17, 15) is 22.2 Å². The molecule has 0 aliphatic carbocycles. The number of halogens is 4. The van der Waals surface area contributed by atoms with Crippen molar-refractivity contribution < 1.29 is 26.4 Å². The van der Waals surface area contributed by atoms with E-state index in [1.165, 1.54) is 12.1 Å². The molecule has 1 atom stereocenters. The minimum atomic E-state index is -5.02. The van der Waals surface area contributed by atoms with Gasteiger partial charge < -0.3 is 4.18 Å². The Morgan fingerprint density at radius 2 is 2.00 bits per heavy atom. The molecule has 0 aliphatic heterocycles. The molecule has 0 aliphatic rings. The van der Waals surface area contributed by atoms with Crippen LogP contribution in [0.3, 0.4) is 0 Å². The molecule has 0 fully saturated rings. The van der Waals surface area contributed by atoms with E-state index >= 15 is 0 Å². The van der Waals surface area contributed by atoms with Gasteiger partial charge >= 0.3 is 16.6 Å². The van der Waals surface area contributed by atoms with E-state index in [-0.39, 0.29) is 10.6 Å². The molecule has 0 radical (unpaired) electrons. The summed E-state index contributed by atoms with van der Waals surface area (Å²) >= 11 is 2.01. The highest BCUT2D eigenvalue weighted by Crippen LogP contribution is 2.28. The van der Waals surface area contributed by atoms with Gasteiger partial charge in [0.2, 0.25) is 0 Å². The van der Waals surface area contributed by atoms with Crippen molar-refractivity contribution in [1.82, 2.24) is 0 Å². The summed E-state index contributed by atoms with van der Waals surface area (Å²) in [6, 6.07) is 3.52. The van der Waals surface area contributed by atoms with Crippen molar-refractivity contribution in [3.05, 3.63) is 28.8 Å². The molecule has 94 valence electrons. The molecule has 0 aromatic heterocycles. The third kappa shape index (κ3) is 3.71. The highest BCUT2D eigenvalue weighted by atomic mass is 35.5. The molecule has 0 saturated carbocycles. The molecule has 1 rings (SSSR count). The Morgan fingerprint density at radius 1 is 1.41 bits per heavy atom. The predicted molar refractivity (Wildman–Crippen MR) is 56.3 cm³/mol. The van der Waals surface area contributed by atoms with Crippen LogP contribution in [0.15, 0.2) is 18.2 Å². The number of carbonyl (C=O) groups is 1. The van der Waals surface area contributed by atoms with Crippen molar-refractivity contribution >= 4 is 28.5 Å². The fraction of sp³-hybridized carbons (Fsp3) is 0.222. The standard InChI is InChI=1S/C9H6ClF3O3S/c1-5(14)7-3-2-6(10)4-8(7)16-17(15)9(11,12)13/h2-4H,1H3. The van der Waals surface area contributed by atoms with Crippen LogP contribution in [-0.4, -0.2) is 15.5 Å². The largest absolute Gasteiger partial charge is 0.508 e. The van der Waals surface area contributed by atoms with Crippen molar-refractivity contribution in [2.24, 2.45) is 0 Å². The van der Waals surface area contributed by atoms with Crippen LogP contribution in [0.1, 0.15) is 17.3 Å². The van der Waals surface area contributed by atoms with Crippen molar-refractivity contribution in [2.75, 3.05) is 0 Å². The van der Waals surface area contributed by atoms with E-state index in [2.05, 4.69) is 4.18 Å². The lowest BCUT2D eigenvalue weighted by Crippen LogP contribution is -2.21. The Balaban J connectivity index is 3.09. The van der Waals surface area contributed by atoms with Crippen molar-refractivity contribution in [3.63, 3.8) is 0 Å². The Morgan fingerprint density at radius 3 is 2.47 bits per heavy atom. The van der Waals surface area contributed by atoms with Crippen molar-refractivity contribution in [2.45, 2.75) is 12.4 Å². The monoisotopic (exact) mass is 286 g/mol. The van der Waals surface area contributed by atoms with Crippen LogP contribution in [0.5, 0.6) is 5.75 Å². The second-order valence-corrected chi connectivity index (χ2v) is 4.50. The van der Waals surface area contributed by atoms with E-state index in [0.717, 1.165) is 13.0 Å². The first-order valence-corrected chi connectivity index (χ1v) is 5.64. The Labute approximate surface area is 102 Å². The highest BCUT2D eigenvalue weighted by Gasteiger charge is 2.40. The third-order valence-electron chi connectivity index (χ3n) is 1.68. The van der Waals surface area contributed by atoms with Crippen LogP contribution in [-0.2, 0) is 11.1 Å². The zero-order valence-electron chi connectivity index (χ0n) is 8.38. The molecule has 1 unspecified atom stereocenters. The molecule has 0 amide bonds. The van der Waals surface area contributed by atoms with Gasteiger partial charge in [-0.2, -0.15) is 13.2 Å². The number of carbonyl (C=O) groups excluding carboxylic acids is 1. The molecular weight excluding hydrogens is 281 g/mol. The average Bonchev–Trinajstić information content (AvgIpc) is 2.15. The molecule has 0 N–H and O–H groups in total. The average molecular weight is 287 g/mol. The topological polar surface area (TPSA) is 43.4 Å². The highest BCUT2D eigenvalue weighted by molar-refractivity contribution is 7.81. The maximum absolute atomic E-state index is 12.0. The lowest BCUT2D eigenvalue weighted by atomic mass is 10.1. The predicted octanol–water partition coefficient (Wildman–Crippen LogP) is 3.10. The zero-order chi connectivity index (χ0) is 13.2. The number of benzene rings is 1. The van der Waals surface area contributed by atoms with E-state index in [1.807, 2.05) is 0 Å². The maximum atomic E-state index is 12.0. The lowest BCUT2D eigenvalue weighted by molar-refractivity contribution is -0.0437. The van der Waals surface area contributed by atoms with Crippen LogP contribution in [0, 0.1) is 0 Å². The number of ketones is 1. The summed E-state index contributed by atoms with van der Waals surface area (Å²) in [5.41, 5.74) is -5.14. The van der Waals surface area contributed by atoms with Crippen molar-refractivity contribution in [1.29, 1.82) is 0 Å². The van der Waals surface area contributed by atoms with Crippen LogP contribution in [0.4, 0.5) is 13.2 Å². The van der Waals surface area contributed by atoms with Gasteiger partial charge in [-0.25, -0.2) is 4.21 Å². The van der Waals surface area contributed by atoms with Gasteiger partial charge in [-0.3, -0.25) is 4.79 Å². The van der Waals surface area contributed by atoms with Crippen LogP contribution in [0.25, 0.3) is 0 Å². The van der Waals surface area contributed by atoms with Crippen LogP contribution >= 0.6 is 11.6 Å². The molecule has 0 bridgehead atoms. The molecular formula is C9H6ClF3O3S. The number of alkyl halides is 3. The fourth-order valence-corrected chi connectivity index (χ4v) is 1.54. The first-order chi connectivity index (χ1) is 7.71. The van der Waals surface area contributed by atoms with E-state index < -0.39 is 28.1 Å². The fourth-order valence-electron chi connectivity index (χ4n) is 0.985. The summed E-state index contributed by atoms with van der Waals surface area (Å²) in [6.45, 7) is 1.15. The number of Topliss-reactive ketones (excluding diaryl/α,β-unsaturated/α-hetero) is 1. The summed E-state index contributed by atoms with van der Waals surface area (Å²) in [5, 5.41) is 0.0733. The van der Waals surface area contributed by atoms with E-state index in [0.29, 0.717) is 0 Å². The first-order valence-electron chi connectivity index (χ1n) is 4.19. The second-order valence-electron chi connectivity index (χ2n) is 2.96. The van der Waals surface area contributed by atoms with Crippen molar-refractivity contribution in [3.8, 4) is 5.75 Å². The molecule has 1 aromatic carbocycles. The van der Waals surface area contributed by atoms with Gasteiger partial charge in [0.25, 0.3) is 0 Å². The summed E-state index contributed by atoms with van der Waals surface area (Å²) in [5.74, 6) is -0.975. The molecule has 0 spiro atoms. The SMILES string of the molecule is CC(=O)c1ccc(Cl)cc1OS(=O)C(F)(F)F. The summed E-state index contributed by atoms with van der Waals surface area (Å²) in [6.07, 6.45) is 0. The van der Waals surface area contributed by atoms with Gasteiger partial charge in [0, 0.05) is 11.1 Å². The summed E-state index contributed by atoms with van der Waals surface area (Å²) in [4.78, 5) is 11.1. The number of rotatable bonds is 3. The van der Waals surface area contributed by atoms with Crippen LogP contribution < -0.4 is 4.18 Å². The molecule has 17 heavy (non-hydrogen) atoms.